The van der Waals surface area contributed by atoms with Crippen LogP contribution >= 0.6 is 15.9 Å². The molecule has 0 aromatic carbocycles. The molecule has 0 aromatic heterocycles. The molecule has 0 bridgehead atoms. The lowest BCUT2D eigenvalue weighted by Crippen LogP contribution is -2.52. The molecule has 0 aliphatic carbocycles. The molecule has 1 atom stereocenters. The van der Waals surface area contributed by atoms with E-state index in [-0.39, 0.29) is 6.42 Å². The summed E-state index contributed by atoms with van der Waals surface area (Å²) in [6, 6.07) is 0. The molecule has 6 heteroatoms. The topological polar surface area (TPSA) is 77.8 Å². The third-order valence-electron chi connectivity index (χ3n) is 2.83. The lowest BCUT2D eigenvalue weighted by molar-refractivity contribution is -0.148. The van der Waals surface area contributed by atoms with Gasteiger partial charge in [0, 0.05) is 11.9 Å². The Morgan fingerprint density at radius 1 is 1.38 bits per heavy atom. The molecule has 16 heavy (non-hydrogen) atoms. The van der Waals surface area contributed by atoms with Gasteiger partial charge < -0.3 is 10.2 Å². The van der Waals surface area contributed by atoms with Crippen molar-refractivity contribution in [2.24, 2.45) is 0 Å². The Labute approximate surface area is 102 Å². The standard InChI is InChI=1S/C10H14BrNO4/c11-6-2-1-4-10(8(13)14)5-3-7-12(10)9(15)16/h1-2H,3-7H2,(H,13,14)(H,15,16). The number of carboxylic acid groups (broad SMARTS) is 2. The number of rotatable bonds is 4. The molecule has 1 amide bonds. The van der Waals surface area contributed by atoms with Gasteiger partial charge in [0.25, 0.3) is 0 Å². The summed E-state index contributed by atoms with van der Waals surface area (Å²) >= 11 is 3.19. The Hall–Kier alpha value is -1.04. The van der Waals surface area contributed by atoms with Crippen LogP contribution in [0.5, 0.6) is 0 Å². The van der Waals surface area contributed by atoms with Gasteiger partial charge in [0.05, 0.1) is 0 Å². The first-order valence-electron chi connectivity index (χ1n) is 4.99. The zero-order valence-corrected chi connectivity index (χ0v) is 10.3. The largest absolute Gasteiger partial charge is 0.479 e. The van der Waals surface area contributed by atoms with Gasteiger partial charge in [0.15, 0.2) is 0 Å². The summed E-state index contributed by atoms with van der Waals surface area (Å²) in [5.41, 5.74) is -1.27. The van der Waals surface area contributed by atoms with Gasteiger partial charge in [-0.05, 0) is 19.3 Å². The number of alkyl halides is 1. The van der Waals surface area contributed by atoms with E-state index >= 15 is 0 Å². The number of allylic oxidation sites excluding steroid dienone is 1. The van der Waals surface area contributed by atoms with Crippen LogP contribution in [0.3, 0.4) is 0 Å². The van der Waals surface area contributed by atoms with E-state index in [0.29, 0.717) is 24.7 Å². The highest BCUT2D eigenvalue weighted by atomic mass is 79.9. The molecule has 0 spiro atoms. The maximum Gasteiger partial charge on any atom is 0.408 e. The summed E-state index contributed by atoms with van der Waals surface area (Å²) < 4.78 is 0. The highest BCUT2D eigenvalue weighted by Crippen LogP contribution is 2.33. The van der Waals surface area contributed by atoms with Gasteiger partial charge >= 0.3 is 12.1 Å². The number of likely N-dealkylation sites (tertiary alicyclic amines) is 1. The van der Waals surface area contributed by atoms with Crippen molar-refractivity contribution < 1.29 is 19.8 Å². The second kappa shape index (κ2) is 5.34. The summed E-state index contributed by atoms with van der Waals surface area (Å²) in [5, 5.41) is 18.9. The lowest BCUT2D eigenvalue weighted by atomic mass is 9.92. The van der Waals surface area contributed by atoms with Crippen molar-refractivity contribution >= 4 is 28.0 Å². The van der Waals surface area contributed by atoms with Gasteiger partial charge in [0.1, 0.15) is 5.54 Å². The Kier molecular flexibility index (Phi) is 4.35. The molecule has 1 unspecified atom stereocenters. The highest BCUT2D eigenvalue weighted by molar-refractivity contribution is 9.09. The molecule has 1 fully saturated rings. The fourth-order valence-corrected chi connectivity index (χ4v) is 2.28. The fourth-order valence-electron chi connectivity index (χ4n) is 2.02. The molecule has 0 saturated carbocycles. The van der Waals surface area contributed by atoms with E-state index in [1.54, 1.807) is 12.2 Å². The molecule has 1 aliphatic rings. The maximum atomic E-state index is 11.3. The SMILES string of the molecule is O=C(O)N1CCCC1(CC=CCBr)C(=O)O. The monoisotopic (exact) mass is 291 g/mol. The summed E-state index contributed by atoms with van der Waals surface area (Å²) in [7, 11) is 0. The number of hydrogen-bond acceptors (Lipinski definition) is 2. The highest BCUT2D eigenvalue weighted by Gasteiger charge is 2.49. The van der Waals surface area contributed by atoms with Gasteiger partial charge in [0.2, 0.25) is 0 Å². The van der Waals surface area contributed by atoms with Gasteiger partial charge in [-0.2, -0.15) is 0 Å². The minimum absolute atomic E-state index is 0.222. The summed E-state index contributed by atoms with van der Waals surface area (Å²) in [6.45, 7) is 0.295. The average Bonchev–Trinajstić information content (AvgIpc) is 2.63. The number of amides is 1. The van der Waals surface area contributed by atoms with E-state index in [4.69, 9.17) is 5.11 Å². The molecule has 1 rings (SSSR count). The quantitative estimate of drug-likeness (QED) is 0.613. The van der Waals surface area contributed by atoms with Crippen LogP contribution in [0, 0.1) is 0 Å². The molecule has 0 radical (unpaired) electrons. The van der Waals surface area contributed by atoms with Crippen molar-refractivity contribution in [3.8, 4) is 0 Å². The third kappa shape index (κ3) is 2.37. The smallest absolute Gasteiger partial charge is 0.408 e. The second-order valence-corrected chi connectivity index (χ2v) is 4.35. The Morgan fingerprint density at radius 2 is 2.06 bits per heavy atom. The summed E-state index contributed by atoms with van der Waals surface area (Å²) in [5.74, 6) is -1.06. The number of carbonyl (C=O) groups is 2. The molecular formula is C10H14BrNO4. The van der Waals surface area contributed by atoms with Crippen molar-refractivity contribution in [2.75, 3.05) is 11.9 Å². The van der Waals surface area contributed by atoms with Crippen molar-refractivity contribution in [1.29, 1.82) is 0 Å². The molecule has 1 heterocycles. The number of hydrogen-bond donors (Lipinski definition) is 2. The van der Waals surface area contributed by atoms with Crippen LogP contribution in [0.1, 0.15) is 19.3 Å². The fraction of sp³-hybridized carbons (Fsp3) is 0.600. The number of aliphatic carboxylic acids is 1. The van der Waals surface area contributed by atoms with E-state index in [0.717, 1.165) is 4.90 Å². The van der Waals surface area contributed by atoms with Crippen LogP contribution in [-0.2, 0) is 4.79 Å². The number of carboxylic acids is 1. The van der Waals surface area contributed by atoms with Crippen LogP contribution in [-0.4, -0.2) is 44.6 Å². The van der Waals surface area contributed by atoms with Gasteiger partial charge in [-0.15, -0.1) is 0 Å². The molecule has 5 nitrogen and oxygen atoms in total. The Morgan fingerprint density at radius 3 is 2.56 bits per heavy atom. The minimum atomic E-state index is -1.27. The molecule has 1 aliphatic heterocycles. The summed E-state index contributed by atoms with van der Waals surface area (Å²) in [4.78, 5) is 23.3. The maximum absolute atomic E-state index is 11.3. The van der Waals surface area contributed by atoms with Crippen LogP contribution in [0.4, 0.5) is 4.79 Å². The number of nitrogens with zero attached hydrogens (tertiary/aromatic N) is 1. The zero-order valence-electron chi connectivity index (χ0n) is 8.73. The first kappa shape index (κ1) is 13.0. The molecule has 0 aromatic rings. The van der Waals surface area contributed by atoms with Crippen molar-refractivity contribution in [1.82, 2.24) is 4.90 Å². The van der Waals surface area contributed by atoms with Crippen LogP contribution in [0.25, 0.3) is 0 Å². The van der Waals surface area contributed by atoms with E-state index in [1.807, 2.05) is 0 Å². The minimum Gasteiger partial charge on any atom is -0.479 e. The lowest BCUT2D eigenvalue weighted by Gasteiger charge is -2.31. The number of halogens is 1. The van der Waals surface area contributed by atoms with Crippen LogP contribution in [0.2, 0.25) is 0 Å². The van der Waals surface area contributed by atoms with Gasteiger partial charge in [-0.3, -0.25) is 4.90 Å². The first-order valence-corrected chi connectivity index (χ1v) is 6.11. The van der Waals surface area contributed by atoms with Gasteiger partial charge in [-0.1, -0.05) is 28.1 Å². The average molecular weight is 292 g/mol. The van der Waals surface area contributed by atoms with E-state index in [2.05, 4.69) is 15.9 Å². The van der Waals surface area contributed by atoms with E-state index < -0.39 is 17.6 Å². The van der Waals surface area contributed by atoms with Crippen molar-refractivity contribution in [2.45, 2.75) is 24.8 Å². The van der Waals surface area contributed by atoms with Gasteiger partial charge in [-0.25, -0.2) is 9.59 Å². The van der Waals surface area contributed by atoms with E-state index in [9.17, 15) is 14.7 Å². The van der Waals surface area contributed by atoms with Crippen molar-refractivity contribution in [3.05, 3.63) is 12.2 Å². The predicted octanol–water partition coefficient (Wildman–Crippen LogP) is 1.92. The van der Waals surface area contributed by atoms with Crippen LogP contribution in [0.15, 0.2) is 12.2 Å². The van der Waals surface area contributed by atoms with E-state index in [1.165, 1.54) is 0 Å². The molecular weight excluding hydrogens is 278 g/mol. The first-order chi connectivity index (χ1) is 7.54. The Balaban J connectivity index is 2.91. The predicted molar refractivity (Wildman–Crippen MR) is 61.9 cm³/mol. The molecule has 2 N–H and O–H groups in total. The summed E-state index contributed by atoms with van der Waals surface area (Å²) in [6.07, 6.45) is 3.53. The zero-order chi connectivity index (χ0) is 12.2. The molecule has 90 valence electrons. The normalized spacial score (nSPS) is 25.2. The Bertz CT molecular complexity index is 318. The van der Waals surface area contributed by atoms with Crippen molar-refractivity contribution in [3.63, 3.8) is 0 Å². The molecule has 1 saturated heterocycles. The van der Waals surface area contributed by atoms with Crippen LogP contribution < -0.4 is 0 Å². The third-order valence-corrected chi connectivity index (χ3v) is 3.20. The second-order valence-electron chi connectivity index (χ2n) is 3.70.